The third-order valence-corrected chi connectivity index (χ3v) is 2.23. The highest BCUT2D eigenvalue weighted by atomic mass is 32.3. The highest BCUT2D eigenvalue weighted by Crippen LogP contribution is 2.05. The van der Waals surface area contributed by atoms with Crippen LogP contribution in [0.25, 0.3) is 0 Å². The fraction of sp³-hybridized carbons (Fsp3) is 0.500. The number of aliphatic hydroxyl groups excluding tert-OH is 1. The number of nitrogens with two attached hydrogens (primary N) is 1. The van der Waals surface area contributed by atoms with Gasteiger partial charge < -0.3 is 10.8 Å². The standard InChI is InChI=1S/C11H17NO.CH4.H2O4S/c1-2-11(13)10(12)8-9-6-4-3-5-7-9;;1-5(2,3)4/h3-7,10-11,13H,2,8,12H2,1H3;1H4;(H2,1,2,3,4)/t10-,11-;;/m0../s1. The minimum atomic E-state index is -4.67. The summed E-state index contributed by atoms with van der Waals surface area (Å²) in [6.07, 6.45) is 1.07. The molecule has 0 saturated heterocycles. The molecule has 0 radical (unpaired) electrons. The molecule has 0 spiro atoms. The van der Waals surface area contributed by atoms with Crippen molar-refractivity contribution < 1.29 is 22.6 Å². The van der Waals surface area contributed by atoms with Gasteiger partial charge >= 0.3 is 10.4 Å². The maximum absolute atomic E-state index is 9.46. The van der Waals surface area contributed by atoms with Crippen molar-refractivity contribution in [2.45, 2.75) is 39.3 Å². The van der Waals surface area contributed by atoms with Crippen LogP contribution in [-0.2, 0) is 16.8 Å². The van der Waals surface area contributed by atoms with E-state index in [9.17, 15) is 5.11 Å². The van der Waals surface area contributed by atoms with Gasteiger partial charge in [0.15, 0.2) is 0 Å². The van der Waals surface area contributed by atoms with Crippen LogP contribution in [-0.4, -0.2) is 34.8 Å². The van der Waals surface area contributed by atoms with Crippen LogP contribution in [0.1, 0.15) is 26.3 Å². The summed E-state index contributed by atoms with van der Waals surface area (Å²) in [4.78, 5) is 0. The Labute approximate surface area is 114 Å². The predicted molar refractivity (Wildman–Crippen MR) is 75.3 cm³/mol. The lowest BCUT2D eigenvalue weighted by atomic mass is 10.0. The van der Waals surface area contributed by atoms with E-state index in [1.165, 1.54) is 5.56 Å². The molecule has 0 amide bonds. The lowest BCUT2D eigenvalue weighted by molar-refractivity contribution is 0.140. The van der Waals surface area contributed by atoms with Crippen LogP contribution in [0.2, 0.25) is 0 Å². The van der Waals surface area contributed by atoms with Crippen molar-refractivity contribution in [1.29, 1.82) is 0 Å². The zero-order valence-corrected chi connectivity index (χ0v) is 10.9. The van der Waals surface area contributed by atoms with Crippen LogP contribution in [0.15, 0.2) is 30.3 Å². The molecule has 0 saturated carbocycles. The molecule has 1 rings (SSSR count). The normalized spacial score (nSPS) is 13.5. The van der Waals surface area contributed by atoms with Crippen molar-refractivity contribution in [3.63, 3.8) is 0 Å². The van der Waals surface area contributed by atoms with E-state index in [0.717, 1.165) is 6.42 Å². The first-order valence-corrected chi connectivity index (χ1v) is 6.81. The van der Waals surface area contributed by atoms with E-state index < -0.39 is 10.4 Å². The van der Waals surface area contributed by atoms with Crippen molar-refractivity contribution in [3.8, 4) is 0 Å². The Balaban J connectivity index is 0. The van der Waals surface area contributed by atoms with Crippen LogP contribution in [0.4, 0.5) is 0 Å². The molecular weight excluding hydrogens is 270 g/mol. The minimum absolute atomic E-state index is 0. The van der Waals surface area contributed by atoms with E-state index in [1.807, 2.05) is 37.3 Å². The van der Waals surface area contributed by atoms with Gasteiger partial charge in [-0.1, -0.05) is 44.7 Å². The molecule has 1 aromatic rings. The van der Waals surface area contributed by atoms with Gasteiger partial charge in [0, 0.05) is 6.04 Å². The van der Waals surface area contributed by atoms with Crippen molar-refractivity contribution in [2.24, 2.45) is 5.73 Å². The average Bonchev–Trinajstić information content (AvgIpc) is 2.27. The second-order valence-corrected chi connectivity index (χ2v) is 4.67. The smallest absolute Gasteiger partial charge is 0.392 e. The number of hydrogen-bond donors (Lipinski definition) is 4. The number of aliphatic hydroxyl groups is 1. The topological polar surface area (TPSA) is 121 Å². The lowest BCUT2D eigenvalue weighted by Gasteiger charge is -2.16. The van der Waals surface area contributed by atoms with Crippen LogP contribution in [0.5, 0.6) is 0 Å². The first-order valence-electron chi connectivity index (χ1n) is 5.41. The summed E-state index contributed by atoms with van der Waals surface area (Å²) in [5.74, 6) is 0. The Kier molecular flexibility index (Phi) is 10.6. The lowest BCUT2D eigenvalue weighted by Crippen LogP contribution is -2.36. The van der Waals surface area contributed by atoms with Crippen molar-refractivity contribution in [1.82, 2.24) is 0 Å². The van der Waals surface area contributed by atoms with Gasteiger partial charge in [0.2, 0.25) is 0 Å². The molecule has 0 aliphatic heterocycles. The van der Waals surface area contributed by atoms with Gasteiger partial charge in [-0.15, -0.1) is 0 Å². The van der Waals surface area contributed by atoms with Gasteiger partial charge in [-0.25, -0.2) is 0 Å². The molecule has 7 heteroatoms. The van der Waals surface area contributed by atoms with E-state index in [-0.39, 0.29) is 19.6 Å². The Bertz CT molecular complexity index is 413. The predicted octanol–water partition coefficient (Wildman–Crippen LogP) is 1.31. The van der Waals surface area contributed by atoms with Crippen molar-refractivity contribution in [2.75, 3.05) is 0 Å². The summed E-state index contributed by atoms with van der Waals surface area (Å²) in [5, 5.41) is 9.46. The van der Waals surface area contributed by atoms with E-state index in [2.05, 4.69) is 0 Å². The molecule has 6 nitrogen and oxygen atoms in total. The molecule has 0 aromatic heterocycles. The second-order valence-electron chi connectivity index (χ2n) is 3.78. The minimum Gasteiger partial charge on any atom is -0.392 e. The van der Waals surface area contributed by atoms with E-state index in [1.54, 1.807) is 0 Å². The highest BCUT2D eigenvalue weighted by molar-refractivity contribution is 7.79. The average molecular weight is 293 g/mol. The molecule has 0 heterocycles. The van der Waals surface area contributed by atoms with E-state index >= 15 is 0 Å². The largest absolute Gasteiger partial charge is 0.394 e. The Morgan fingerprint density at radius 2 is 1.63 bits per heavy atom. The molecule has 1 aromatic carbocycles. The van der Waals surface area contributed by atoms with Crippen LogP contribution in [0, 0.1) is 0 Å². The summed E-state index contributed by atoms with van der Waals surface area (Å²) >= 11 is 0. The maximum atomic E-state index is 9.46. The van der Waals surface area contributed by atoms with Crippen LogP contribution >= 0.6 is 0 Å². The summed E-state index contributed by atoms with van der Waals surface area (Å²) in [6, 6.07) is 9.86. The van der Waals surface area contributed by atoms with Gasteiger partial charge in [-0.3, -0.25) is 9.11 Å². The Morgan fingerprint density at radius 1 is 1.21 bits per heavy atom. The summed E-state index contributed by atoms with van der Waals surface area (Å²) < 4.78 is 31.6. The third kappa shape index (κ3) is 13.2. The molecule has 112 valence electrons. The molecule has 0 fully saturated rings. The molecule has 0 bridgehead atoms. The SMILES string of the molecule is C.CC[C@H](O)[C@@H](N)Cc1ccccc1.O=S(=O)(O)O. The van der Waals surface area contributed by atoms with Gasteiger partial charge in [0.05, 0.1) is 6.10 Å². The zero-order chi connectivity index (χ0) is 14.2. The van der Waals surface area contributed by atoms with E-state index in [0.29, 0.717) is 6.42 Å². The maximum Gasteiger partial charge on any atom is 0.394 e. The molecule has 2 atom stereocenters. The highest BCUT2D eigenvalue weighted by Gasteiger charge is 2.12. The molecule has 19 heavy (non-hydrogen) atoms. The molecule has 0 unspecified atom stereocenters. The molecule has 5 N–H and O–H groups in total. The fourth-order valence-electron chi connectivity index (χ4n) is 1.33. The van der Waals surface area contributed by atoms with Gasteiger partial charge in [0.25, 0.3) is 0 Å². The Morgan fingerprint density at radius 3 is 2.00 bits per heavy atom. The summed E-state index contributed by atoms with van der Waals surface area (Å²) in [5.41, 5.74) is 6.99. The van der Waals surface area contributed by atoms with Crippen LogP contribution < -0.4 is 5.73 Å². The van der Waals surface area contributed by atoms with Gasteiger partial charge in [-0.05, 0) is 18.4 Å². The molecule has 0 aliphatic rings. The monoisotopic (exact) mass is 293 g/mol. The number of benzene rings is 1. The summed E-state index contributed by atoms with van der Waals surface area (Å²) in [6.45, 7) is 1.94. The Hall–Kier alpha value is -0.990. The number of hydrogen-bond acceptors (Lipinski definition) is 4. The molecular formula is C12H23NO5S. The van der Waals surface area contributed by atoms with Crippen molar-refractivity contribution >= 4 is 10.4 Å². The quantitative estimate of drug-likeness (QED) is 0.621. The third-order valence-electron chi connectivity index (χ3n) is 2.23. The van der Waals surface area contributed by atoms with Gasteiger partial charge in [0.1, 0.15) is 0 Å². The zero-order valence-electron chi connectivity index (χ0n) is 10.1. The van der Waals surface area contributed by atoms with Gasteiger partial charge in [-0.2, -0.15) is 8.42 Å². The summed E-state index contributed by atoms with van der Waals surface area (Å²) in [7, 11) is -4.67. The first-order chi connectivity index (χ1) is 8.24. The van der Waals surface area contributed by atoms with Crippen LogP contribution in [0.3, 0.4) is 0 Å². The first kappa shape index (κ1) is 20.3. The van der Waals surface area contributed by atoms with Crippen molar-refractivity contribution in [3.05, 3.63) is 35.9 Å². The molecule has 0 aliphatic carbocycles. The number of rotatable bonds is 4. The second kappa shape index (κ2) is 9.88. The van der Waals surface area contributed by atoms with E-state index in [4.69, 9.17) is 23.3 Å². The fourth-order valence-corrected chi connectivity index (χ4v) is 1.33.